The van der Waals surface area contributed by atoms with E-state index in [-0.39, 0.29) is 5.69 Å². The number of benzene rings is 1. The van der Waals surface area contributed by atoms with Gasteiger partial charge in [0.15, 0.2) is 0 Å². The van der Waals surface area contributed by atoms with Gasteiger partial charge in [-0.25, -0.2) is 4.79 Å². The number of carboxylic acid groups (broad SMARTS) is 1. The molecule has 4 nitrogen and oxygen atoms in total. The smallest absolute Gasteiger partial charge is 0.416 e. The maximum atomic E-state index is 12.6. The average Bonchev–Trinajstić information content (AvgIpc) is 2.25. The Bertz CT molecular complexity index is 545. The lowest BCUT2D eigenvalue weighted by atomic mass is 9.95. The number of rotatable bonds is 2. The molecule has 0 unspecified atom stereocenters. The summed E-state index contributed by atoms with van der Waals surface area (Å²) in [6, 6.07) is 2.10. The second-order valence-electron chi connectivity index (χ2n) is 5.27. The molecule has 1 aromatic carbocycles. The lowest BCUT2D eigenvalue weighted by molar-refractivity contribution is -0.137. The van der Waals surface area contributed by atoms with Gasteiger partial charge < -0.3 is 10.4 Å². The Balaban J connectivity index is 3.27. The molecule has 0 heterocycles. The number of halogens is 3. The molecular weight excluding hydrogens is 275 g/mol. The van der Waals surface area contributed by atoms with Crippen LogP contribution in [0.4, 0.5) is 18.9 Å². The Morgan fingerprint density at radius 1 is 1.15 bits per heavy atom. The van der Waals surface area contributed by atoms with Crippen LogP contribution in [-0.2, 0) is 11.0 Å². The van der Waals surface area contributed by atoms with Crippen LogP contribution in [0.2, 0.25) is 0 Å². The molecule has 20 heavy (non-hydrogen) atoms. The Labute approximate surface area is 113 Å². The fourth-order valence-electron chi connectivity index (χ4n) is 1.32. The minimum Gasteiger partial charge on any atom is -0.478 e. The van der Waals surface area contributed by atoms with E-state index >= 15 is 0 Å². The van der Waals surface area contributed by atoms with Crippen molar-refractivity contribution >= 4 is 17.6 Å². The van der Waals surface area contributed by atoms with Crippen LogP contribution >= 0.6 is 0 Å². The van der Waals surface area contributed by atoms with Crippen molar-refractivity contribution in [1.82, 2.24) is 0 Å². The van der Waals surface area contributed by atoms with Gasteiger partial charge in [-0.15, -0.1) is 0 Å². The highest BCUT2D eigenvalue weighted by Crippen LogP contribution is 2.32. The minimum atomic E-state index is -4.61. The van der Waals surface area contributed by atoms with Crippen LogP contribution in [-0.4, -0.2) is 17.0 Å². The maximum absolute atomic E-state index is 12.6. The summed E-state index contributed by atoms with van der Waals surface area (Å²) in [5, 5.41) is 11.2. The maximum Gasteiger partial charge on any atom is 0.416 e. The van der Waals surface area contributed by atoms with Crippen molar-refractivity contribution in [2.24, 2.45) is 5.41 Å². The van der Waals surface area contributed by atoms with Crippen molar-refractivity contribution in [2.75, 3.05) is 5.32 Å². The molecule has 110 valence electrons. The van der Waals surface area contributed by atoms with Gasteiger partial charge in [-0.2, -0.15) is 13.2 Å². The first-order valence-corrected chi connectivity index (χ1v) is 5.69. The molecule has 0 aliphatic rings. The number of anilines is 1. The van der Waals surface area contributed by atoms with Gasteiger partial charge in [0.05, 0.1) is 16.8 Å². The van der Waals surface area contributed by atoms with Crippen molar-refractivity contribution in [2.45, 2.75) is 26.9 Å². The highest BCUT2D eigenvalue weighted by atomic mass is 19.4. The van der Waals surface area contributed by atoms with E-state index in [9.17, 15) is 22.8 Å². The molecule has 0 fully saturated rings. The third-order valence-corrected chi connectivity index (χ3v) is 2.51. The normalized spacial score (nSPS) is 12.1. The third kappa shape index (κ3) is 3.72. The molecule has 1 rings (SSSR count). The molecule has 1 aromatic rings. The van der Waals surface area contributed by atoms with Gasteiger partial charge in [0.2, 0.25) is 5.91 Å². The zero-order chi connectivity index (χ0) is 15.7. The molecule has 0 aliphatic heterocycles. The van der Waals surface area contributed by atoms with E-state index in [4.69, 9.17) is 5.11 Å². The van der Waals surface area contributed by atoms with Crippen LogP contribution in [0.3, 0.4) is 0 Å². The summed E-state index contributed by atoms with van der Waals surface area (Å²) in [6.07, 6.45) is -4.61. The van der Waals surface area contributed by atoms with Crippen molar-refractivity contribution in [1.29, 1.82) is 0 Å². The lowest BCUT2D eigenvalue weighted by Gasteiger charge is -2.19. The largest absolute Gasteiger partial charge is 0.478 e. The number of hydrogen-bond donors (Lipinski definition) is 2. The SMILES string of the molecule is CC(C)(C)C(=O)Nc1cc(C(F)(F)F)ccc1C(=O)O. The van der Waals surface area contributed by atoms with Crippen LogP contribution in [0.1, 0.15) is 36.7 Å². The van der Waals surface area contributed by atoms with Crippen molar-refractivity contribution < 1.29 is 27.9 Å². The summed E-state index contributed by atoms with van der Waals surface area (Å²) in [5.41, 5.74) is -2.64. The summed E-state index contributed by atoms with van der Waals surface area (Å²) in [4.78, 5) is 22.8. The number of nitrogens with one attached hydrogen (secondary N) is 1. The Morgan fingerprint density at radius 3 is 2.10 bits per heavy atom. The number of amides is 1. The van der Waals surface area contributed by atoms with E-state index in [1.54, 1.807) is 20.8 Å². The number of carbonyl (C=O) groups excluding carboxylic acids is 1. The number of hydrogen-bond acceptors (Lipinski definition) is 2. The van der Waals surface area contributed by atoms with E-state index in [0.29, 0.717) is 12.1 Å². The molecular formula is C13H14F3NO3. The van der Waals surface area contributed by atoms with Crippen LogP contribution in [0, 0.1) is 5.41 Å². The lowest BCUT2D eigenvalue weighted by Crippen LogP contribution is -2.28. The van der Waals surface area contributed by atoms with E-state index in [2.05, 4.69) is 5.32 Å². The van der Waals surface area contributed by atoms with Crippen LogP contribution < -0.4 is 5.32 Å². The van der Waals surface area contributed by atoms with Gasteiger partial charge in [-0.1, -0.05) is 20.8 Å². The number of carboxylic acids is 1. The van der Waals surface area contributed by atoms with Crippen LogP contribution in [0.25, 0.3) is 0 Å². The fraction of sp³-hybridized carbons (Fsp3) is 0.385. The number of aromatic carboxylic acids is 1. The molecule has 0 aliphatic carbocycles. The molecule has 0 spiro atoms. The zero-order valence-corrected chi connectivity index (χ0v) is 11.1. The molecule has 7 heteroatoms. The Hall–Kier alpha value is -2.05. The first kappa shape index (κ1) is 16.0. The molecule has 0 saturated heterocycles. The quantitative estimate of drug-likeness (QED) is 0.877. The Kier molecular flexibility index (Phi) is 4.12. The first-order chi connectivity index (χ1) is 8.93. The monoisotopic (exact) mass is 289 g/mol. The van der Waals surface area contributed by atoms with E-state index in [1.165, 1.54) is 0 Å². The molecule has 0 saturated carbocycles. The minimum absolute atomic E-state index is 0.368. The van der Waals surface area contributed by atoms with Gasteiger partial charge in [-0.05, 0) is 18.2 Å². The second-order valence-corrected chi connectivity index (χ2v) is 5.27. The molecule has 0 aromatic heterocycles. The topological polar surface area (TPSA) is 66.4 Å². The molecule has 0 atom stereocenters. The standard InChI is InChI=1S/C13H14F3NO3/c1-12(2,3)11(20)17-9-6-7(13(14,15)16)4-5-8(9)10(18)19/h4-6H,1-3H3,(H,17,20)(H,18,19). The fourth-order valence-corrected chi connectivity index (χ4v) is 1.32. The Morgan fingerprint density at radius 2 is 1.70 bits per heavy atom. The molecule has 2 N–H and O–H groups in total. The van der Waals surface area contributed by atoms with Crippen molar-refractivity contribution in [3.05, 3.63) is 29.3 Å². The van der Waals surface area contributed by atoms with Crippen LogP contribution in [0.15, 0.2) is 18.2 Å². The van der Waals surface area contributed by atoms with Gasteiger partial charge in [0.1, 0.15) is 0 Å². The second kappa shape index (κ2) is 5.15. The van der Waals surface area contributed by atoms with Crippen LogP contribution in [0.5, 0.6) is 0 Å². The molecule has 0 radical (unpaired) electrons. The summed E-state index contributed by atoms with van der Waals surface area (Å²) in [5.74, 6) is -1.98. The van der Waals surface area contributed by atoms with E-state index in [0.717, 1.165) is 6.07 Å². The number of alkyl halides is 3. The first-order valence-electron chi connectivity index (χ1n) is 5.69. The molecule has 1 amide bonds. The zero-order valence-electron chi connectivity index (χ0n) is 11.1. The summed E-state index contributed by atoms with van der Waals surface area (Å²) in [7, 11) is 0. The van der Waals surface area contributed by atoms with Gasteiger partial charge in [0, 0.05) is 5.41 Å². The van der Waals surface area contributed by atoms with Gasteiger partial charge >= 0.3 is 12.1 Å². The van der Waals surface area contributed by atoms with Gasteiger partial charge in [0.25, 0.3) is 0 Å². The summed E-state index contributed by atoms with van der Waals surface area (Å²) < 4.78 is 37.8. The number of carbonyl (C=O) groups is 2. The third-order valence-electron chi connectivity index (χ3n) is 2.51. The highest BCUT2D eigenvalue weighted by Gasteiger charge is 2.32. The van der Waals surface area contributed by atoms with Gasteiger partial charge in [-0.3, -0.25) is 4.79 Å². The predicted octanol–water partition coefficient (Wildman–Crippen LogP) is 3.39. The summed E-state index contributed by atoms with van der Waals surface area (Å²) in [6.45, 7) is 4.70. The average molecular weight is 289 g/mol. The van der Waals surface area contributed by atoms with Crippen molar-refractivity contribution in [3.8, 4) is 0 Å². The highest BCUT2D eigenvalue weighted by molar-refractivity contribution is 6.02. The predicted molar refractivity (Wildman–Crippen MR) is 66.5 cm³/mol. The van der Waals surface area contributed by atoms with E-state index in [1.807, 2.05) is 0 Å². The van der Waals surface area contributed by atoms with Crippen molar-refractivity contribution in [3.63, 3.8) is 0 Å². The molecule has 0 bridgehead atoms. The van der Waals surface area contributed by atoms with E-state index < -0.39 is 34.6 Å². The summed E-state index contributed by atoms with van der Waals surface area (Å²) >= 11 is 0.